The smallest absolute Gasteiger partial charge is 0.294 e. The molecule has 0 atom stereocenters. The van der Waals surface area contributed by atoms with Crippen LogP contribution in [0.5, 0.6) is 17.4 Å². The van der Waals surface area contributed by atoms with Crippen LogP contribution in [0.3, 0.4) is 0 Å². The second-order valence-corrected chi connectivity index (χ2v) is 4.63. The summed E-state index contributed by atoms with van der Waals surface area (Å²) in [6, 6.07) is 17.9. The Kier molecular flexibility index (Phi) is 4.24. The first kappa shape index (κ1) is 14.6. The Morgan fingerprint density at radius 3 is 2.39 bits per heavy atom. The number of para-hydroxylation sites is 1. The second kappa shape index (κ2) is 6.65. The Morgan fingerprint density at radius 2 is 1.74 bits per heavy atom. The number of ether oxygens (including phenoxy) is 2. The monoisotopic (exact) mass is 310 g/mol. The van der Waals surface area contributed by atoms with Crippen molar-refractivity contribution in [3.8, 4) is 17.4 Å². The number of nitrogens with zero attached hydrogens (tertiary/aromatic N) is 1. The molecule has 0 spiro atoms. The topological polar surface area (TPSA) is 73.6 Å². The van der Waals surface area contributed by atoms with Gasteiger partial charge in [-0.25, -0.2) is 0 Å². The molecule has 0 bridgehead atoms. The molecule has 0 saturated heterocycles. The van der Waals surface area contributed by atoms with Crippen LogP contribution >= 0.6 is 0 Å². The number of hydrogen-bond donors (Lipinski definition) is 1. The third-order valence-corrected chi connectivity index (χ3v) is 3.01. The van der Waals surface area contributed by atoms with Crippen molar-refractivity contribution in [2.45, 2.75) is 0 Å². The molecular formula is C17H14N2O4. The lowest BCUT2D eigenvalue weighted by atomic mass is 10.3. The van der Waals surface area contributed by atoms with Crippen LogP contribution in [0.1, 0.15) is 10.6 Å². The van der Waals surface area contributed by atoms with Gasteiger partial charge in [-0.15, -0.1) is 0 Å². The molecule has 6 heteroatoms. The summed E-state index contributed by atoms with van der Waals surface area (Å²) in [5.74, 6) is 1.35. The van der Waals surface area contributed by atoms with E-state index in [4.69, 9.17) is 14.0 Å². The van der Waals surface area contributed by atoms with Crippen molar-refractivity contribution in [2.24, 2.45) is 0 Å². The number of benzene rings is 2. The maximum atomic E-state index is 12.0. The summed E-state index contributed by atoms with van der Waals surface area (Å²) in [6.45, 7) is 0. The lowest BCUT2D eigenvalue weighted by Crippen LogP contribution is -2.10. The van der Waals surface area contributed by atoms with E-state index in [0.717, 1.165) is 5.75 Å². The van der Waals surface area contributed by atoms with Crippen LogP contribution in [-0.4, -0.2) is 18.2 Å². The molecule has 1 heterocycles. The zero-order valence-corrected chi connectivity index (χ0v) is 12.4. The van der Waals surface area contributed by atoms with E-state index in [9.17, 15) is 4.79 Å². The number of anilines is 1. The van der Waals surface area contributed by atoms with Gasteiger partial charge in [0.25, 0.3) is 11.8 Å². The molecule has 6 nitrogen and oxygen atoms in total. The van der Waals surface area contributed by atoms with Crippen LogP contribution < -0.4 is 14.8 Å². The van der Waals surface area contributed by atoms with Crippen molar-refractivity contribution < 1.29 is 18.8 Å². The quantitative estimate of drug-likeness (QED) is 0.777. The van der Waals surface area contributed by atoms with Crippen molar-refractivity contribution in [1.82, 2.24) is 5.16 Å². The van der Waals surface area contributed by atoms with Gasteiger partial charge in [0.1, 0.15) is 11.5 Å². The minimum absolute atomic E-state index is 0.0754. The molecule has 2 aromatic carbocycles. The Hall–Kier alpha value is -3.28. The van der Waals surface area contributed by atoms with E-state index < -0.39 is 5.91 Å². The molecule has 0 aliphatic rings. The van der Waals surface area contributed by atoms with Gasteiger partial charge in [0, 0.05) is 5.69 Å². The lowest BCUT2D eigenvalue weighted by Gasteiger charge is -2.07. The molecule has 0 fully saturated rings. The van der Waals surface area contributed by atoms with Gasteiger partial charge in [0.2, 0.25) is 5.76 Å². The first-order valence-electron chi connectivity index (χ1n) is 6.89. The van der Waals surface area contributed by atoms with Gasteiger partial charge in [0.15, 0.2) is 0 Å². The van der Waals surface area contributed by atoms with Crippen molar-refractivity contribution >= 4 is 11.6 Å². The Labute approximate surface area is 132 Å². The van der Waals surface area contributed by atoms with Gasteiger partial charge in [-0.05, 0) is 41.6 Å². The average molecular weight is 310 g/mol. The van der Waals surface area contributed by atoms with Crippen molar-refractivity contribution in [1.29, 1.82) is 0 Å². The van der Waals surface area contributed by atoms with E-state index in [-0.39, 0.29) is 11.6 Å². The highest BCUT2D eigenvalue weighted by molar-refractivity contribution is 6.02. The minimum atomic E-state index is -0.405. The molecule has 3 aromatic rings. The first-order valence-corrected chi connectivity index (χ1v) is 6.89. The summed E-state index contributed by atoms with van der Waals surface area (Å²) in [4.78, 5) is 12.0. The Bertz CT molecular complexity index is 782. The van der Waals surface area contributed by atoms with E-state index in [1.807, 2.05) is 30.3 Å². The molecule has 116 valence electrons. The predicted octanol–water partition coefficient (Wildman–Crippen LogP) is 3.73. The summed E-state index contributed by atoms with van der Waals surface area (Å²) in [7, 11) is 1.45. The number of carbonyl (C=O) groups is 1. The minimum Gasteiger partial charge on any atom is -0.479 e. The predicted molar refractivity (Wildman–Crippen MR) is 84.0 cm³/mol. The van der Waals surface area contributed by atoms with Crippen LogP contribution in [0.4, 0.5) is 5.69 Å². The maximum Gasteiger partial charge on any atom is 0.294 e. The van der Waals surface area contributed by atoms with Crippen molar-refractivity contribution in [3.05, 3.63) is 66.4 Å². The van der Waals surface area contributed by atoms with Gasteiger partial charge in [-0.1, -0.05) is 18.2 Å². The Balaban J connectivity index is 1.64. The number of amides is 1. The largest absolute Gasteiger partial charge is 0.479 e. The summed E-state index contributed by atoms with van der Waals surface area (Å²) < 4.78 is 15.4. The SMILES string of the molecule is COc1cc(C(=O)Nc2ccc(Oc3ccccc3)cc2)on1. The Morgan fingerprint density at radius 1 is 1.04 bits per heavy atom. The number of methoxy groups -OCH3 is 1. The normalized spacial score (nSPS) is 10.1. The zero-order valence-electron chi connectivity index (χ0n) is 12.4. The summed E-state index contributed by atoms with van der Waals surface area (Å²) in [5, 5.41) is 6.28. The standard InChI is InChI=1S/C17H14N2O4/c1-21-16-11-15(23-19-16)17(20)18-12-7-9-14(10-8-12)22-13-5-3-2-4-6-13/h2-11H,1H3,(H,18,20). The number of aromatic nitrogens is 1. The molecular weight excluding hydrogens is 296 g/mol. The molecule has 23 heavy (non-hydrogen) atoms. The first-order chi connectivity index (χ1) is 11.2. The average Bonchev–Trinajstić information content (AvgIpc) is 3.07. The highest BCUT2D eigenvalue weighted by atomic mass is 16.5. The lowest BCUT2D eigenvalue weighted by molar-refractivity contribution is 0.0987. The third kappa shape index (κ3) is 3.68. The molecule has 1 aromatic heterocycles. The van der Waals surface area contributed by atoms with Crippen molar-refractivity contribution in [3.63, 3.8) is 0 Å². The fourth-order valence-electron chi connectivity index (χ4n) is 1.89. The molecule has 3 rings (SSSR count). The van der Waals surface area contributed by atoms with E-state index in [2.05, 4.69) is 10.5 Å². The fraction of sp³-hybridized carbons (Fsp3) is 0.0588. The molecule has 0 aliphatic heterocycles. The molecule has 0 aliphatic carbocycles. The number of carbonyl (C=O) groups excluding carboxylic acids is 1. The molecule has 0 unspecified atom stereocenters. The molecule has 0 saturated carbocycles. The van der Waals surface area contributed by atoms with Crippen LogP contribution in [0, 0.1) is 0 Å². The third-order valence-electron chi connectivity index (χ3n) is 3.01. The fourth-order valence-corrected chi connectivity index (χ4v) is 1.89. The maximum absolute atomic E-state index is 12.0. The second-order valence-electron chi connectivity index (χ2n) is 4.63. The van der Waals surface area contributed by atoms with Crippen LogP contribution in [0.25, 0.3) is 0 Å². The van der Waals surface area contributed by atoms with Crippen LogP contribution in [0.2, 0.25) is 0 Å². The summed E-state index contributed by atoms with van der Waals surface area (Å²) in [6.07, 6.45) is 0. The van der Waals surface area contributed by atoms with E-state index in [0.29, 0.717) is 11.4 Å². The highest BCUT2D eigenvalue weighted by Gasteiger charge is 2.13. The van der Waals surface area contributed by atoms with E-state index >= 15 is 0 Å². The number of nitrogens with one attached hydrogen (secondary N) is 1. The van der Waals surface area contributed by atoms with Gasteiger partial charge in [-0.3, -0.25) is 4.79 Å². The van der Waals surface area contributed by atoms with E-state index in [1.165, 1.54) is 13.2 Å². The summed E-state index contributed by atoms with van der Waals surface area (Å²) >= 11 is 0. The van der Waals surface area contributed by atoms with Gasteiger partial charge >= 0.3 is 0 Å². The molecule has 1 N–H and O–H groups in total. The van der Waals surface area contributed by atoms with E-state index in [1.54, 1.807) is 24.3 Å². The van der Waals surface area contributed by atoms with Gasteiger partial charge < -0.3 is 19.3 Å². The van der Waals surface area contributed by atoms with Crippen molar-refractivity contribution in [2.75, 3.05) is 12.4 Å². The van der Waals surface area contributed by atoms with Crippen LogP contribution in [-0.2, 0) is 0 Å². The van der Waals surface area contributed by atoms with Gasteiger partial charge in [-0.2, -0.15) is 0 Å². The molecule has 0 radical (unpaired) electrons. The molecule has 1 amide bonds. The van der Waals surface area contributed by atoms with Crippen LogP contribution in [0.15, 0.2) is 65.2 Å². The zero-order chi connectivity index (χ0) is 16.1. The number of rotatable bonds is 5. The summed E-state index contributed by atoms with van der Waals surface area (Å²) in [5.41, 5.74) is 0.616. The number of hydrogen-bond acceptors (Lipinski definition) is 5. The highest BCUT2D eigenvalue weighted by Crippen LogP contribution is 2.23. The van der Waals surface area contributed by atoms with Gasteiger partial charge in [0.05, 0.1) is 13.2 Å².